The molecule has 106 valence electrons. The van der Waals surface area contributed by atoms with E-state index >= 15 is 0 Å². The number of benzene rings is 1. The second kappa shape index (κ2) is 6.41. The standard InChI is InChI=1S/C14H20F2N2O/c1-2-10-9-19-7-6-18(10)13(8-17)14-11(15)4-3-5-12(14)16/h3-5,10,13H,2,6-9,17H2,1H3. The van der Waals surface area contributed by atoms with Crippen LogP contribution in [0.15, 0.2) is 18.2 Å². The first-order chi connectivity index (χ1) is 9.19. The molecule has 3 nitrogen and oxygen atoms in total. The van der Waals surface area contributed by atoms with E-state index in [0.29, 0.717) is 19.8 Å². The third-order valence-electron chi connectivity index (χ3n) is 3.70. The van der Waals surface area contributed by atoms with Gasteiger partial charge in [0.25, 0.3) is 0 Å². The van der Waals surface area contributed by atoms with E-state index in [4.69, 9.17) is 10.5 Å². The lowest BCUT2D eigenvalue weighted by atomic mass is 10.0. The molecule has 0 aromatic heterocycles. The van der Waals surface area contributed by atoms with Crippen molar-refractivity contribution in [2.45, 2.75) is 25.4 Å². The summed E-state index contributed by atoms with van der Waals surface area (Å²) in [6.45, 7) is 4.03. The van der Waals surface area contributed by atoms with Gasteiger partial charge in [0, 0.05) is 24.7 Å². The minimum Gasteiger partial charge on any atom is -0.378 e. The zero-order chi connectivity index (χ0) is 13.8. The summed E-state index contributed by atoms with van der Waals surface area (Å²) < 4.78 is 33.3. The molecule has 0 bridgehead atoms. The van der Waals surface area contributed by atoms with Crippen LogP contribution < -0.4 is 5.73 Å². The van der Waals surface area contributed by atoms with E-state index in [2.05, 4.69) is 4.90 Å². The van der Waals surface area contributed by atoms with Gasteiger partial charge in [-0.1, -0.05) is 13.0 Å². The smallest absolute Gasteiger partial charge is 0.130 e. The summed E-state index contributed by atoms with van der Waals surface area (Å²) in [5, 5.41) is 0. The average Bonchev–Trinajstić information content (AvgIpc) is 2.43. The van der Waals surface area contributed by atoms with Gasteiger partial charge in [0.15, 0.2) is 0 Å². The van der Waals surface area contributed by atoms with Crippen LogP contribution in [-0.4, -0.2) is 37.2 Å². The Morgan fingerprint density at radius 1 is 1.42 bits per heavy atom. The molecule has 0 amide bonds. The summed E-state index contributed by atoms with van der Waals surface area (Å²) in [5.74, 6) is -1.06. The molecule has 2 N–H and O–H groups in total. The Morgan fingerprint density at radius 3 is 2.68 bits per heavy atom. The van der Waals surface area contributed by atoms with Gasteiger partial charge in [-0.2, -0.15) is 0 Å². The van der Waals surface area contributed by atoms with Crippen LogP contribution in [0.2, 0.25) is 0 Å². The SMILES string of the molecule is CCC1COCCN1C(CN)c1c(F)cccc1F. The van der Waals surface area contributed by atoms with E-state index in [1.165, 1.54) is 18.2 Å². The predicted octanol–water partition coefficient (Wildman–Crippen LogP) is 2.08. The second-order valence-electron chi connectivity index (χ2n) is 4.76. The van der Waals surface area contributed by atoms with Gasteiger partial charge in [0.05, 0.1) is 19.3 Å². The molecule has 1 heterocycles. The Kier molecular flexibility index (Phi) is 4.85. The van der Waals surface area contributed by atoms with Crippen molar-refractivity contribution in [3.8, 4) is 0 Å². The highest BCUT2D eigenvalue weighted by molar-refractivity contribution is 5.24. The van der Waals surface area contributed by atoms with Crippen LogP contribution >= 0.6 is 0 Å². The van der Waals surface area contributed by atoms with E-state index in [-0.39, 0.29) is 18.2 Å². The van der Waals surface area contributed by atoms with E-state index in [0.717, 1.165) is 6.42 Å². The Labute approximate surface area is 112 Å². The van der Waals surface area contributed by atoms with Gasteiger partial charge in [0.2, 0.25) is 0 Å². The zero-order valence-electron chi connectivity index (χ0n) is 11.1. The summed E-state index contributed by atoms with van der Waals surface area (Å²) >= 11 is 0. The topological polar surface area (TPSA) is 38.5 Å². The van der Waals surface area contributed by atoms with Crippen LogP contribution in [0.4, 0.5) is 8.78 Å². The molecular formula is C14H20F2N2O. The minimum atomic E-state index is -0.531. The molecule has 2 rings (SSSR count). The van der Waals surface area contributed by atoms with Crippen LogP contribution in [0.1, 0.15) is 24.9 Å². The van der Waals surface area contributed by atoms with Crippen molar-refractivity contribution in [1.29, 1.82) is 0 Å². The van der Waals surface area contributed by atoms with Crippen molar-refractivity contribution >= 4 is 0 Å². The number of nitrogens with two attached hydrogens (primary N) is 1. The van der Waals surface area contributed by atoms with Crippen molar-refractivity contribution in [1.82, 2.24) is 4.90 Å². The first-order valence-electron chi connectivity index (χ1n) is 6.66. The molecule has 1 aromatic carbocycles. The number of rotatable bonds is 4. The first kappa shape index (κ1) is 14.4. The largest absolute Gasteiger partial charge is 0.378 e. The van der Waals surface area contributed by atoms with Crippen molar-refractivity contribution < 1.29 is 13.5 Å². The molecule has 2 unspecified atom stereocenters. The van der Waals surface area contributed by atoms with Gasteiger partial charge in [-0.05, 0) is 18.6 Å². The average molecular weight is 270 g/mol. The van der Waals surface area contributed by atoms with Crippen LogP contribution in [0.5, 0.6) is 0 Å². The molecule has 0 spiro atoms. The van der Waals surface area contributed by atoms with E-state index in [9.17, 15) is 8.78 Å². The Hall–Kier alpha value is -1.04. The fourth-order valence-electron chi connectivity index (χ4n) is 2.68. The Bertz CT molecular complexity index is 408. The molecule has 0 saturated carbocycles. The minimum absolute atomic E-state index is 0.0744. The second-order valence-corrected chi connectivity index (χ2v) is 4.76. The van der Waals surface area contributed by atoms with Gasteiger partial charge in [-0.3, -0.25) is 4.90 Å². The maximum absolute atomic E-state index is 13.9. The molecule has 1 saturated heterocycles. The summed E-state index contributed by atoms with van der Waals surface area (Å²) in [6, 6.07) is 3.65. The van der Waals surface area contributed by atoms with Gasteiger partial charge in [-0.15, -0.1) is 0 Å². The third-order valence-corrected chi connectivity index (χ3v) is 3.70. The van der Waals surface area contributed by atoms with Gasteiger partial charge in [-0.25, -0.2) is 8.78 Å². The zero-order valence-corrected chi connectivity index (χ0v) is 11.1. The maximum Gasteiger partial charge on any atom is 0.130 e. The van der Waals surface area contributed by atoms with Crippen molar-refractivity contribution in [3.05, 3.63) is 35.4 Å². The summed E-state index contributed by atoms with van der Waals surface area (Å²) in [6.07, 6.45) is 0.868. The van der Waals surface area contributed by atoms with E-state index in [1.807, 2.05) is 6.92 Å². The molecule has 1 fully saturated rings. The quantitative estimate of drug-likeness (QED) is 0.910. The number of hydrogen-bond acceptors (Lipinski definition) is 3. The van der Waals surface area contributed by atoms with Crippen LogP contribution in [0, 0.1) is 11.6 Å². The summed E-state index contributed by atoms with van der Waals surface area (Å²) in [7, 11) is 0. The normalized spacial score (nSPS) is 22.4. The van der Waals surface area contributed by atoms with Crippen molar-refractivity contribution in [2.75, 3.05) is 26.3 Å². The summed E-state index contributed by atoms with van der Waals surface area (Å²) in [4.78, 5) is 2.06. The third kappa shape index (κ3) is 2.94. The lowest BCUT2D eigenvalue weighted by Crippen LogP contribution is -2.49. The first-order valence-corrected chi connectivity index (χ1v) is 6.66. The molecule has 1 aromatic rings. The maximum atomic E-state index is 13.9. The molecule has 0 aliphatic carbocycles. The van der Waals surface area contributed by atoms with Crippen molar-refractivity contribution in [3.63, 3.8) is 0 Å². The molecule has 1 aliphatic heterocycles. The lowest BCUT2D eigenvalue weighted by molar-refractivity contribution is -0.0303. The number of halogens is 2. The number of ether oxygens (including phenoxy) is 1. The molecule has 0 radical (unpaired) electrons. The Balaban J connectivity index is 2.33. The number of morpholine rings is 1. The highest BCUT2D eigenvalue weighted by Gasteiger charge is 2.31. The number of nitrogens with zero attached hydrogens (tertiary/aromatic N) is 1. The highest BCUT2D eigenvalue weighted by Crippen LogP contribution is 2.29. The fourth-order valence-corrected chi connectivity index (χ4v) is 2.68. The molecule has 5 heteroatoms. The lowest BCUT2D eigenvalue weighted by Gasteiger charge is -2.40. The van der Waals surface area contributed by atoms with Crippen LogP contribution in [0.3, 0.4) is 0 Å². The monoisotopic (exact) mass is 270 g/mol. The van der Waals surface area contributed by atoms with Crippen LogP contribution in [0.25, 0.3) is 0 Å². The van der Waals surface area contributed by atoms with Gasteiger partial charge < -0.3 is 10.5 Å². The Morgan fingerprint density at radius 2 is 2.11 bits per heavy atom. The predicted molar refractivity (Wildman–Crippen MR) is 69.8 cm³/mol. The molecular weight excluding hydrogens is 250 g/mol. The number of hydrogen-bond donors (Lipinski definition) is 1. The van der Waals surface area contributed by atoms with Gasteiger partial charge >= 0.3 is 0 Å². The molecule has 1 aliphatic rings. The van der Waals surface area contributed by atoms with E-state index < -0.39 is 17.7 Å². The van der Waals surface area contributed by atoms with Crippen molar-refractivity contribution in [2.24, 2.45) is 5.73 Å². The van der Waals surface area contributed by atoms with E-state index in [1.54, 1.807) is 0 Å². The molecule has 2 atom stereocenters. The van der Waals surface area contributed by atoms with Crippen LogP contribution in [-0.2, 0) is 4.74 Å². The van der Waals surface area contributed by atoms with Gasteiger partial charge in [0.1, 0.15) is 11.6 Å². The molecule has 19 heavy (non-hydrogen) atoms. The fraction of sp³-hybridized carbons (Fsp3) is 0.571. The highest BCUT2D eigenvalue weighted by atomic mass is 19.1. The summed E-state index contributed by atoms with van der Waals surface area (Å²) in [5.41, 5.74) is 5.85.